The van der Waals surface area contributed by atoms with Crippen molar-refractivity contribution < 1.29 is 19.0 Å². The normalized spacial score (nSPS) is 11.6. The molecule has 0 spiro atoms. The maximum atomic E-state index is 13.0. The van der Waals surface area contributed by atoms with E-state index in [-0.39, 0.29) is 5.91 Å². The van der Waals surface area contributed by atoms with Crippen molar-refractivity contribution in [3.05, 3.63) is 71.8 Å². The second-order valence-electron chi connectivity index (χ2n) is 7.82. The number of aromatic nitrogens is 2. The van der Waals surface area contributed by atoms with Gasteiger partial charge in [-0.3, -0.25) is 4.79 Å². The maximum absolute atomic E-state index is 13.0. The third-order valence-corrected chi connectivity index (χ3v) is 6.72. The molecule has 4 rings (SSSR count). The number of nitrogens with zero attached hydrogens (tertiary/aromatic N) is 1. The highest BCUT2D eigenvalue weighted by Gasteiger charge is 2.21. The minimum Gasteiger partial charge on any atom is -0.497 e. The van der Waals surface area contributed by atoms with Gasteiger partial charge < -0.3 is 24.5 Å². The number of methoxy groups -OCH3 is 3. The topological polar surface area (TPSA) is 85.5 Å². The molecular weight excluding hydrogens is 498 g/mol. The monoisotopic (exact) mass is 523 g/mol. The average Bonchev–Trinajstić information content (AvgIpc) is 3.32. The van der Waals surface area contributed by atoms with Crippen LogP contribution in [0, 0.1) is 0 Å². The molecule has 3 aromatic carbocycles. The summed E-state index contributed by atoms with van der Waals surface area (Å²) in [6, 6.07) is 20.5. The molecule has 1 atom stereocenters. The van der Waals surface area contributed by atoms with Gasteiger partial charge in [-0.2, -0.15) is 0 Å². The van der Waals surface area contributed by atoms with Crippen molar-refractivity contribution >= 4 is 35.0 Å². The number of carbonyl (C=O) groups is 1. The summed E-state index contributed by atoms with van der Waals surface area (Å²) in [5, 5.41) is 3.57. The molecule has 0 fully saturated rings. The Morgan fingerprint density at radius 3 is 2.11 bits per heavy atom. The Kier molecular flexibility index (Phi) is 8.07. The summed E-state index contributed by atoms with van der Waals surface area (Å²) in [5.74, 6) is 1.86. The number of anilines is 1. The number of aromatic amines is 1. The van der Waals surface area contributed by atoms with Crippen molar-refractivity contribution in [2.45, 2.75) is 17.3 Å². The van der Waals surface area contributed by atoms with Crippen LogP contribution >= 0.6 is 23.4 Å². The molecule has 1 unspecified atom stereocenters. The lowest BCUT2D eigenvalue weighted by molar-refractivity contribution is -0.115. The number of hydrogen-bond acceptors (Lipinski definition) is 6. The molecule has 0 aliphatic carbocycles. The molecule has 4 aromatic rings. The lowest BCUT2D eigenvalue weighted by Crippen LogP contribution is -2.22. The van der Waals surface area contributed by atoms with Gasteiger partial charge in [0.25, 0.3) is 0 Å². The number of nitrogens with one attached hydrogen (secondary N) is 2. The largest absolute Gasteiger partial charge is 0.497 e. The van der Waals surface area contributed by atoms with Gasteiger partial charge in [0.05, 0.1) is 43.7 Å². The van der Waals surface area contributed by atoms with Crippen LogP contribution in [0.25, 0.3) is 22.5 Å². The summed E-state index contributed by atoms with van der Waals surface area (Å²) in [6.45, 7) is 1.82. The summed E-state index contributed by atoms with van der Waals surface area (Å²) in [6.07, 6.45) is 0. The standard InChI is InChI=1S/C27H26ClN3O4S/c1-16(26(32)29-22-15-19(28)9-14-23(22)35-4)36-27-30-24(17-5-10-20(33-2)11-6-17)25(31-27)18-7-12-21(34-3)13-8-18/h5-16H,1-4H3,(H,29,32)(H,30,31). The number of rotatable bonds is 9. The van der Waals surface area contributed by atoms with Gasteiger partial charge in [0.15, 0.2) is 5.16 Å². The molecular formula is C27H26ClN3O4S. The molecule has 0 radical (unpaired) electrons. The van der Waals surface area contributed by atoms with Crippen LogP contribution in [-0.2, 0) is 4.79 Å². The van der Waals surface area contributed by atoms with Crippen LogP contribution in [-0.4, -0.2) is 42.5 Å². The molecule has 36 heavy (non-hydrogen) atoms. The van der Waals surface area contributed by atoms with E-state index in [1.54, 1.807) is 39.5 Å². The van der Waals surface area contributed by atoms with Crippen LogP contribution in [0.5, 0.6) is 17.2 Å². The van der Waals surface area contributed by atoms with E-state index in [0.717, 1.165) is 34.0 Å². The smallest absolute Gasteiger partial charge is 0.237 e. The van der Waals surface area contributed by atoms with Crippen LogP contribution in [0.15, 0.2) is 71.9 Å². The molecule has 2 N–H and O–H groups in total. The van der Waals surface area contributed by atoms with Gasteiger partial charge in [0.2, 0.25) is 5.91 Å². The van der Waals surface area contributed by atoms with Crippen molar-refractivity contribution in [3.63, 3.8) is 0 Å². The van der Waals surface area contributed by atoms with E-state index in [9.17, 15) is 4.79 Å². The lowest BCUT2D eigenvalue weighted by atomic mass is 10.0. The molecule has 0 saturated carbocycles. The summed E-state index contributed by atoms with van der Waals surface area (Å²) >= 11 is 7.42. The van der Waals surface area contributed by atoms with Crippen molar-refractivity contribution in [1.82, 2.24) is 9.97 Å². The summed E-state index contributed by atoms with van der Waals surface area (Å²) < 4.78 is 15.9. The van der Waals surface area contributed by atoms with Crippen molar-refractivity contribution in [1.29, 1.82) is 0 Å². The van der Waals surface area contributed by atoms with E-state index in [1.165, 1.54) is 11.8 Å². The Labute approximate surface area is 219 Å². The minimum absolute atomic E-state index is 0.200. The van der Waals surface area contributed by atoms with E-state index < -0.39 is 5.25 Å². The van der Waals surface area contributed by atoms with Crippen LogP contribution in [0.2, 0.25) is 5.02 Å². The third kappa shape index (κ3) is 5.78. The number of H-pyrrole nitrogens is 1. The number of thioether (sulfide) groups is 1. The Bertz CT molecular complexity index is 1280. The SMILES string of the molecule is COc1ccc(-c2nc(SC(C)C(=O)Nc3cc(Cl)ccc3OC)[nH]c2-c2ccc(OC)cc2)cc1. The van der Waals surface area contributed by atoms with Gasteiger partial charge in [-0.25, -0.2) is 4.98 Å². The van der Waals surface area contributed by atoms with E-state index in [2.05, 4.69) is 10.3 Å². The van der Waals surface area contributed by atoms with Crippen molar-refractivity contribution in [2.75, 3.05) is 26.6 Å². The number of hydrogen-bond donors (Lipinski definition) is 2. The van der Waals surface area contributed by atoms with Crippen LogP contribution in [0.4, 0.5) is 5.69 Å². The van der Waals surface area contributed by atoms with E-state index >= 15 is 0 Å². The predicted molar refractivity (Wildman–Crippen MR) is 145 cm³/mol. The zero-order valence-corrected chi connectivity index (χ0v) is 21.9. The summed E-state index contributed by atoms with van der Waals surface area (Å²) in [4.78, 5) is 21.2. The first kappa shape index (κ1) is 25.5. The first-order valence-electron chi connectivity index (χ1n) is 11.1. The number of imidazole rings is 1. The molecule has 0 aliphatic rings. The van der Waals surface area contributed by atoms with Gasteiger partial charge in [-0.15, -0.1) is 0 Å². The Morgan fingerprint density at radius 2 is 1.53 bits per heavy atom. The highest BCUT2D eigenvalue weighted by atomic mass is 35.5. The van der Waals surface area contributed by atoms with Crippen LogP contribution in [0.3, 0.4) is 0 Å². The maximum Gasteiger partial charge on any atom is 0.237 e. The quantitative estimate of drug-likeness (QED) is 0.242. The molecule has 1 heterocycles. The van der Waals surface area contributed by atoms with Gasteiger partial charge in [0, 0.05) is 16.1 Å². The van der Waals surface area contributed by atoms with Gasteiger partial charge in [-0.1, -0.05) is 23.4 Å². The predicted octanol–water partition coefficient (Wildman–Crippen LogP) is 6.54. The summed E-state index contributed by atoms with van der Waals surface area (Å²) in [5.41, 5.74) is 4.00. The fourth-order valence-electron chi connectivity index (χ4n) is 3.56. The second kappa shape index (κ2) is 11.4. The highest BCUT2D eigenvalue weighted by Crippen LogP contribution is 2.36. The van der Waals surface area contributed by atoms with E-state index in [0.29, 0.717) is 21.6 Å². The zero-order chi connectivity index (χ0) is 25.7. The molecule has 0 aliphatic heterocycles. The molecule has 1 amide bonds. The van der Waals surface area contributed by atoms with Crippen LogP contribution in [0.1, 0.15) is 6.92 Å². The summed E-state index contributed by atoms with van der Waals surface area (Å²) in [7, 11) is 4.81. The van der Waals surface area contributed by atoms with Gasteiger partial charge >= 0.3 is 0 Å². The molecule has 186 valence electrons. The number of ether oxygens (including phenoxy) is 3. The first-order chi connectivity index (χ1) is 17.4. The third-order valence-electron chi connectivity index (χ3n) is 5.50. The molecule has 1 aromatic heterocycles. The number of carbonyl (C=O) groups excluding carboxylic acids is 1. The fraction of sp³-hybridized carbons (Fsp3) is 0.185. The molecule has 9 heteroatoms. The van der Waals surface area contributed by atoms with E-state index in [4.69, 9.17) is 30.8 Å². The molecule has 0 bridgehead atoms. The fourth-order valence-corrected chi connectivity index (χ4v) is 4.54. The van der Waals surface area contributed by atoms with Crippen molar-refractivity contribution in [2.24, 2.45) is 0 Å². The number of halogens is 1. The van der Waals surface area contributed by atoms with E-state index in [1.807, 2.05) is 55.5 Å². The lowest BCUT2D eigenvalue weighted by Gasteiger charge is -2.13. The second-order valence-corrected chi connectivity index (χ2v) is 9.58. The molecule has 7 nitrogen and oxygen atoms in total. The van der Waals surface area contributed by atoms with Gasteiger partial charge in [0.1, 0.15) is 17.2 Å². The van der Waals surface area contributed by atoms with Crippen molar-refractivity contribution in [3.8, 4) is 39.8 Å². The highest BCUT2D eigenvalue weighted by molar-refractivity contribution is 8.00. The number of benzene rings is 3. The Balaban J connectivity index is 1.61. The first-order valence-corrected chi connectivity index (χ1v) is 12.4. The average molecular weight is 524 g/mol. The minimum atomic E-state index is -0.452. The Morgan fingerprint density at radius 1 is 0.917 bits per heavy atom. The number of amides is 1. The van der Waals surface area contributed by atoms with Crippen LogP contribution < -0.4 is 19.5 Å². The Hall–Kier alpha value is -3.62. The zero-order valence-electron chi connectivity index (χ0n) is 20.3. The molecule has 0 saturated heterocycles. The van der Waals surface area contributed by atoms with Gasteiger partial charge in [-0.05, 0) is 73.7 Å².